The first kappa shape index (κ1) is 21.5. The predicted molar refractivity (Wildman–Crippen MR) is 117 cm³/mol. The van der Waals surface area contributed by atoms with E-state index in [0.29, 0.717) is 12.5 Å². The summed E-state index contributed by atoms with van der Waals surface area (Å²) in [6.45, 7) is 9.15. The summed E-state index contributed by atoms with van der Waals surface area (Å²) in [6, 6.07) is 8.35. The monoisotopic (exact) mass is 400 g/mol. The first-order valence-electron chi connectivity index (χ1n) is 11.1. The van der Waals surface area contributed by atoms with Gasteiger partial charge in [0.2, 0.25) is 5.91 Å². The number of carbonyl (C=O) groups is 1. The molecule has 160 valence electrons. The van der Waals surface area contributed by atoms with Crippen LogP contribution in [0.4, 0.5) is 0 Å². The average Bonchev–Trinajstić information content (AvgIpc) is 3.40. The van der Waals surface area contributed by atoms with Crippen molar-refractivity contribution in [2.75, 3.05) is 26.2 Å². The largest absolute Gasteiger partial charge is 0.489 e. The predicted octanol–water partition coefficient (Wildman–Crippen LogP) is 3.11. The van der Waals surface area contributed by atoms with Crippen molar-refractivity contribution in [3.8, 4) is 5.75 Å². The molecule has 3 rings (SSSR count). The second-order valence-electron chi connectivity index (χ2n) is 8.36. The number of aryl methyl sites for hydroxylation is 1. The summed E-state index contributed by atoms with van der Waals surface area (Å²) in [5, 5.41) is 6.82. The van der Waals surface area contributed by atoms with Crippen LogP contribution in [0.1, 0.15) is 51.5 Å². The van der Waals surface area contributed by atoms with Crippen molar-refractivity contribution in [2.24, 2.45) is 10.9 Å². The van der Waals surface area contributed by atoms with E-state index in [1.807, 2.05) is 24.0 Å². The fraction of sp³-hybridized carbons (Fsp3) is 0.652. The molecule has 1 saturated carbocycles. The van der Waals surface area contributed by atoms with Crippen LogP contribution in [0.2, 0.25) is 0 Å². The highest BCUT2D eigenvalue weighted by Gasteiger charge is 2.32. The zero-order valence-electron chi connectivity index (χ0n) is 18.1. The van der Waals surface area contributed by atoms with Gasteiger partial charge in [-0.1, -0.05) is 30.5 Å². The number of nitrogens with zero attached hydrogens (tertiary/aromatic N) is 2. The molecule has 1 amide bonds. The minimum absolute atomic E-state index is 0.0165. The molecule has 6 heteroatoms. The van der Waals surface area contributed by atoms with Crippen molar-refractivity contribution in [1.29, 1.82) is 0 Å². The number of likely N-dealkylation sites (tertiary alicyclic amines) is 1. The van der Waals surface area contributed by atoms with E-state index in [1.165, 1.54) is 18.4 Å². The van der Waals surface area contributed by atoms with Gasteiger partial charge >= 0.3 is 0 Å². The van der Waals surface area contributed by atoms with E-state index in [-0.39, 0.29) is 18.1 Å². The Labute approximate surface area is 175 Å². The molecule has 29 heavy (non-hydrogen) atoms. The lowest BCUT2D eigenvalue weighted by Gasteiger charge is -2.22. The lowest BCUT2D eigenvalue weighted by molar-refractivity contribution is -0.134. The summed E-state index contributed by atoms with van der Waals surface area (Å²) in [7, 11) is 0. The zero-order valence-corrected chi connectivity index (χ0v) is 18.1. The van der Waals surface area contributed by atoms with Crippen LogP contribution in [0.15, 0.2) is 29.3 Å². The molecule has 0 aromatic heterocycles. The van der Waals surface area contributed by atoms with Crippen LogP contribution in [0, 0.1) is 12.8 Å². The highest BCUT2D eigenvalue weighted by atomic mass is 16.5. The first-order valence-corrected chi connectivity index (χ1v) is 11.1. The van der Waals surface area contributed by atoms with E-state index in [0.717, 1.165) is 50.6 Å². The molecule has 1 aliphatic carbocycles. The van der Waals surface area contributed by atoms with Crippen LogP contribution in [-0.4, -0.2) is 55.1 Å². The molecule has 1 aromatic carbocycles. The second-order valence-corrected chi connectivity index (χ2v) is 8.36. The standard InChI is InChI=1S/C23H36N4O2/c1-4-24-23(25-15-18(3)29-21-11-9-17(2)10-12-21)26-20-13-14-27(16-20)22(28)19-7-5-6-8-19/h9-12,18-20H,4-8,13-16H2,1-3H3,(H2,24,25,26). The van der Waals surface area contributed by atoms with Gasteiger partial charge in [-0.3, -0.25) is 4.79 Å². The number of benzene rings is 1. The van der Waals surface area contributed by atoms with Crippen LogP contribution >= 0.6 is 0 Å². The molecule has 0 bridgehead atoms. The summed E-state index contributed by atoms with van der Waals surface area (Å²) in [6.07, 6.45) is 5.49. The zero-order chi connectivity index (χ0) is 20.6. The number of hydrogen-bond acceptors (Lipinski definition) is 3. The van der Waals surface area contributed by atoms with Crippen LogP contribution in [-0.2, 0) is 4.79 Å². The Hall–Kier alpha value is -2.24. The van der Waals surface area contributed by atoms with E-state index in [2.05, 4.69) is 36.6 Å². The average molecular weight is 401 g/mol. The minimum Gasteiger partial charge on any atom is -0.489 e. The number of aliphatic imine (C=N–C) groups is 1. The van der Waals surface area contributed by atoms with E-state index < -0.39 is 0 Å². The summed E-state index contributed by atoms with van der Waals surface area (Å²) in [5.74, 6) is 2.28. The summed E-state index contributed by atoms with van der Waals surface area (Å²) >= 11 is 0. The Morgan fingerprint density at radius 3 is 2.66 bits per heavy atom. The number of rotatable bonds is 7. The Morgan fingerprint density at radius 1 is 1.24 bits per heavy atom. The van der Waals surface area contributed by atoms with E-state index in [4.69, 9.17) is 9.73 Å². The van der Waals surface area contributed by atoms with Gasteiger partial charge in [-0.25, -0.2) is 4.99 Å². The van der Waals surface area contributed by atoms with Gasteiger partial charge in [-0.05, 0) is 52.2 Å². The van der Waals surface area contributed by atoms with Crippen molar-refractivity contribution >= 4 is 11.9 Å². The summed E-state index contributed by atoms with van der Waals surface area (Å²) in [4.78, 5) is 19.4. The van der Waals surface area contributed by atoms with Gasteiger partial charge in [0.15, 0.2) is 5.96 Å². The molecule has 1 aromatic rings. The van der Waals surface area contributed by atoms with E-state index >= 15 is 0 Å². The Kier molecular flexibility index (Phi) is 7.78. The molecule has 0 radical (unpaired) electrons. The van der Waals surface area contributed by atoms with Gasteiger partial charge < -0.3 is 20.3 Å². The summed E-state index contributed by atoms with van der Waals surface area (Å²) in [5.41, 5.74) is 1.22. The first-order chi connectivity index (χ1) is 14.0. The number of hydrogen-bond donors (Lipinski definition) is 2. The van der Waals surface area contributed by atoms with Crippen molar-refractivity contribution < 1.29 is 9.53 Å². The third-order valence-corrected chi connectivity index (χ3v) is 5.75. The molecular weight excluding hydrogens is 364 g/mol. The van der Waals surface area contributed by atoms with Gasteiger partial charge in [0, 0.05) is 31.6 Å². The fourth-order valence-electron chi connectivity index (χ4n) is 4.13. The summed E-state index contributed by atoms with van der Waals surface area (Å²) < 4.78 is 5.96. The van der Waals surface area contributed by atoms with Crippen molar-refractivity contribution in [1.82, 2.24) is 15.5 Å². The molecule has 2 fully saturated rings. The van der Waals surface area contributed by atoms with Crippen molar-refractivity contribution in [2.45, 2.75) is 65.0 Å². The van der Waals surface area contributed by atoms with Crippen molar-refractivity contribution in [3.05, 3.63) is 29.8 Å². The SMILES string of the molecule is CCNC(=NCC(C)Oc1ccc(C)cc1)NC1CCN(C(=O)C2CCCC2)C1. The minimum atomic E-state index is -0.0165. The van der Waals surface area contributed by atoms with Gasteiger partial charge in [0.25, 0.3) is 0 Å². The highest BCUT2D eigenvalue weighted by molar-refractivity contribution is 5.81. The third-order valence-electron chi connectivity index (χ3n) is 5.75. The Bertz CT molecular complexity index is 683. The topological polar surface area (TPSA) is 66.0 Å². The fourth-order valence-corrected chi connectivity index (χ4v) is 4.13. The van der Waals surface area contributed by atoms with Crippen molar-refractivity contribution in [3.63, 3.8) is 0 Å². The van der Waals surface area contributed by atoms with E-state index in [9.17, 15) is 4.79 Å². The lowest BCUT2D eigenvalue weighted by atomic mass is 10.1. The molecule has 2 atom stereocenters. The second kappa shape index (κ2) is 10.5. The van der Waals surface area contributed by atoms with Crippen LogP contribution < -0.4 is 15.4 Å². The van der Waals surface area contributed by atoms with E-state index in [1.54, 1.807) is 0 Å². The van der Waals surface area contributed by atoms with Gasteiger partial charge in [0.1, 0.15) is 11.9 Å². The van der Waals surface area contributed by atoms with Gasteiger partial charge in [-0.15, -0.1) is 0 Å². The molecule has 2 N–H and O–H groups in total. The molecule has 6 nitrogen and oxygen atoms in total. The van der Waals surface area contributed by atoms with Crippen LogP contribution in [0.5, 0.6) is 5.75 Å². The molecule has 2 aliphatic rings. The number of ether oxygens (including phenoxy) is 1. The maximum absolute atomic E-state index is 12.7. The quantitative estimate of drug-likeness (QED) is 0.545. The lowest BCUT2D eigenvalue weighted by Crippen LogP contribution is -2.45. The Balaban J connectivity index is 1.48. The van der Waals surface area contributed by atoms with Crippen LogP contribution in [0.25, 0.3) is 0 Å². The number of amides is 1. The number of carbonyl (C=O) groups excluding carboxylic acids is 1. The third kappa shape index (κ3) is 6.38. The molecule has 0 spiro atoms. The maximum atomic E-state index is 12.7. The number of guanidine groups is 1. The molecule has 1 heterocycles. The maximum Gasteiger partial charge on any atom is 0.225 e. The van der Waals surface area contributed by atoms with Gasteiger partial charge in [-0.2, -0.15) is 0 Å². The molecule has 1 saturated heterocycles. The molecular formula is C23H36N4O2. The molecule has 2 unspecified atom stereocenters. The smallest absolute Gasteiger partial charge is 0.225 e. The number of nitrogens with one attached hydrogen (secondary N) is 2. The highest BCUT2D eigenvalue weighted by Crippen LogP contribution is 2.27. The van der Waals surface area contributed by atoms with Crippen LogP contribution in [0.3, 0.4) is 0 Å². The molecule has 1 aliphatic heterocycles. The van der Waals surface area contributed by atoms with Gasteiger partial charge in [0.05, 0.1) is 6.54 Å². The normalized spacial score (nSPS) is 21.3. The Morgan fingerprint density at radius 2 is 1.97 bits per heavy atom.